The van der Waals surface area contributed by atoms with Gasteiger partial charge < -0.3 is 11.2 Å². The molecule has 0 radical (unpaired) electrons. The van der Waals surface area contributed by atoms with Gasteiger partial charge in [-0.05, 0) is 35.7 Å². The standard InChI is InChI=1S/C20H18FN3/c1-14-8-2-3-9-15(14)16-10-4-5-11-17(16)20(24-22)23-19-13-7-6-12-18(19)21/h2-13H,22H2,1H3,(H,23,24). The summed E-state index contributed by atoms with van der Waals surface area (Å²) >= 11 is 0. The molecule has 3 aromatic carbocycles. The second-order valence-corrected chi connectivity index (χ2v) is 5.44. The zero-order chi connectivity index (χ0) is 16.9. The van der Waals surface area contributed by atoms with E-state index in [4.69, 9.17) is 5.84 Å². The number of nitrogens with one attached hydrogen (secondary N) is 1. The van der Waals surface area contributed by atoms with Gasteiger partial charge in [-0.25, -0.2) is 4.39 Å². The van der Waals surface area contributed by atoms with Crippen LogP contribution >= 0.6 is 0 Å². The molecule has 0 fully saturated rings. The minimum Gasteiger partial charge on any atom is -0.336 e. The lowest BCUT2D eigenvalue weighted by Crippen LogP contribution is -2.17. The summed E-state index contributed by atoms with van der Waals surface area (Å²) in [4.78, 5) is 0. The first-order chi connectivity index (χ1) is 11.7. The number of hydrazone groups is 1. The van der Waals surface area contributed by atoms with Crippen LogP contribution in [0.25, 0.3) is 11.1 Å². The van der Waals surface area contributed by atoms with E-state index in [1.165, 1.54) is 6.07 Å². The number of nitrogens with zero attached hydrogens (tertiary/aromatic N) is 1. The second kappa shape index (κ2) is 6.96. The average Bonchev–Trinajstić information content (AvgIpc) is 2.62. The lowest BCUT2D eigenvalue weighted by Gasteiger charge is -2.15. The maximum absolute atomic E-state index is 13.9. The van der Waals surface area contributed by atoms with Crippen molar-refractivity contribution in [3.05, 3.63) is 89.7 Å². The molecule has 0 spiro atoms. The molecule has 3 N–H and O–H groups in total. The summed E-state index contributed by atoms with van der Waals surface area (Å²) in [6, 6.07) is 22.3. The number of halogens is 1. The molecule has 0 unspecified atom stereocenters. The van der Waals surface area contributed by atoms with Crippen LogP contribution in [0.15, 0.2) is 77.9 Å². The molecule has 0 amide bonds. The van der Waals surface area contributed by atoms with Crippen LogP contribution in [0.4, 0.5) is 10.1 Å². The quantitative estimate of drug-likeness (QED) is 0.322. The fourth-order valence-corrected chi connectivity index (χ4v) is 2.66. The van der Waals surface area contributed by atoms with Gasteiger partial charge in [0.25, 0.3) is 0 Å². The van der Waals surface area contributed by atoms with E-state index >= 15 is 0 Å². The zero-order valence-electron chi connectivity index (χ0n) is 13.3. The predicted octanol–water partition coefficient (Wildman–Crippen LogP) is 4.53. The molecule has 0 saturated carbocycles. The van der Waals surface area contributed by atoms with Gasteiger partial charge in [0.1, 0.15) is 5.82 Å². The van der Waals surface area contributed by atoms with Crippen LogP contribution in [0.2, 0.25) is 0 Å². The summed E-state index contributed by atoms with van der Waals surface area (Å²) < 4.78 is 13.9. The Kier molecular flexibility index (Phi) is 4.57. The first-order valence-electron chi connectivity index (χ1n) is 7.65. The van der Waals surface area contributed by atoms with E-state index in [1.807, 2.05) is 42.5 Å². The number of hydrogen-bond acceptors (Lipinski definition) is 2. The SMILES string of the molecule is Cc1ccccc1-c1ccccc1/C(=N/N)Nc1ccccc1F. The lowest BCUT2D eigenvalue weighted by molar-refractivity contribution is 0.632. The third kappa shape index (κ3) is 3.13. The molecule has 0 heterocycles. The van der Waals surface area contributed by atoms with Crippen molar-refractivity contribution in [3.63, 3.8) is 0 Å². The number of benzene rings is 3. The van der Waals surface area contributed by atoms with Crippen LogP contribution in [0.1, 0.15) is 11.1 Å². The van der Waals surface area contributed by atoms with E-state index in [0.29, 0.717) is 11.5 Å². The van der Waals surface area contributed by atoms with E-state index < -0.39 is 0 Å². The molecule has 0 aliphatic heterocycles. The van der Waals surface area contributed by atoms with E-state index in [1.54, 1.807) is 18.2 Å². The smallest absolute Gasteiger partial charge is 0.157 e. The third-order valence-electron chi connectivity index (χ3n) is 3.87. The fraction of sp³-hybridized carbons (Fsp3) is 0.0500. The van der Waals surface area contributed by atoms with Crippen LogP contribution < -0.4 is 11.2 Å². The highest BCUT2D eigenvalue weighted by molar-refractivity contribution is 6.12. The third-order valence-corrected chi connectivity index (χ3v) is 3.87. The van der Waals surface area contributed by atoms with Gasteiger partial charge >= 0.3 is 0 Å². The number of hydrogen-bond donors (Lipinski definition) is 2. The normalized spacial score (nSPS) is 11.3. The zero-order valence-corrected chi connectivity index (χ0v) is 13.3. The van der Waals surface area contributed by atoms with E-state index in [9.17, 15) is 4.39 Å². The summed E-state index contributed by atoms with van der Waals surface area (Å²) in [6.07, 6.45) is 0. The summed E-state index contributed by atoms with van der Waals surface area (Å²) in [6.45, 7) is 2.05. The van der Waals surface area contributed by atoms with Crippen molar-refractivity contribution in [2.75, 3.05) is 5.32 Å². The predicted molar refractivity (Wildman–Crippen MR) is 97.4 cm³/mol. The fourth-order valence-electron chi connectivity index (χ4n) is 2.66. The number of amidine groups is 1. The molecule has 3 aromatic rings. The highest BCUT2D eigenvalue weighted by Crippen LogP contribution is 2.27. The van der Waals surface area contributed by atoms with Gasteiger partial charge in [0.05, 0.1) is 5.69 Å². The molecule has 3 nitrogen and oxygen atoms in total. The van der Waals surface area contributed by atoms with Gasteiger partial charge in [0, 0.05) is 5.56 Å². The summed E-state index contributed by atoms with van der Waals surface area (Å²) in [7, 11) is 0. The Hall–Kier alpha value is -3.14. The van der Waals surface area contributed by atoms with Gasteiger partial charge in [-0.15, -0.1) is 0 Å². The van der Waals surface area contributed by atoms with Gasteiger partial charge in [-0.3, -0.25) is 0 Å². The molecule has 0 saturated heterocycles. The van der Waals surface area contributed by atoms with Crippen LogP contribution in [0.3, 0.4) is 0 Å². The molecule has 0 bridgehead atoms. The van der Waals surface area contributed by atoms with Gasteiger partial charge in [0.15, 0.2) is 5.84 Å². The molecule has 0 aliphatic carbocycles. The van der Waals surface area contributed by atoms with Crippen LogP contribution in [0.5, 0.6) is 0 Å². The highest BCUT2D eigenvalue weighted by Gasteiger charge is 2.13. The van der Waals surface area contributed by atoms with E-state index in [2.05, 4.69) is 23.4 Å². The van der Waals surface area contributed by atoms with E-state index in [-0.39, 0.29) is 5.82 Å². The van der Waals surface area contributed by atoms with Crippen molar-refractivity contribution in [3.8, 4) is 11.1 Å². The molecule has 0 aliphatic rings. The van der Waals surface area contributed by atoms with Gasteiger partial charge in [0.2, 0.25) is 0 Å². The van der Waals surface area contributed by atoms with Crippen molar-refractivity contribution in [1.82, 2.24) is 0 Å². The van der Waals surface area contributed by atoms with Crippen molar-refractivity contribution in [2.45, 2.75) is 6.92 Å². The first-order valence-corrected chi connectivity index (χ1v) is 7.65. The van der Waals surface area contributed by atoms with Crippen molar-refractivity contribution in [1.29, 1.82) is 0 Å². The van der Waals surface area contributed by atoms with Crippen molar-refractivity contribution >= 4 is 11.5 Å². The number of aryl methyl sites for hydroxylation is 1. The molecule has 24 heavy (non-hydrogen) atoms. The van der Waals surface area contributed by atoms with Crippen LogP contribution in [-0.4, -0.2) is 5.84 Å². The molecule has 4 heteroatoms. The second-order valence-electron chi connectivity index (χ2n) is 5.44. The first kappa shape index (κ1) is 15.7. The Labute approximate surface area is 140 Å². The summed E-state index contributed by atoms with van der Waals surface area (Å²) in [5.74, 6) is 5.65. The molecule has 120 valence electrons. The van der Waals surface area contributed by atoms with Crippen molar-refractivity contribution in [2.24, 2.45) is 10.9 Å². The summed E-state index contributed by atoms with van der Waals surface area (Å²) in [5.41, 5.74) is 4.37. The maximum atomic E-state index is 13.9. The minimum atomic E-state index is -0.355. The number of nitrogens with two attached hydrogens (primary N) is 1. The topological polar surface area (TPSA) is 50.4 Å². The number of anilines is 1. The summed E-state index contributed by atoms with van der Waals surface area (Å²) in [5, 5.41) is 6.84. The monoisotopic (exact) mass is 319 g/mol. The van der Waals surface area contributed by atoms with Crippen LogP contribution in [0, 0.1) is 12.7 Å². The Balaban J connectivity index is 2.06. The van der Waals surface area contributed by atoms with E-state index in [0.717, 1.165) is 22.3 Å². The molecule has 0 aromatic heterocycles. The van der Waals surface area contributed by atoms with Crippen LogP contribution in [-0.2, 0) is 0 Å². The Morgan fingerprint density at radius 2 is 1.50 bits per heavy atom. The molecule has 3 rings (SSSR count). The number of rotatable bonds is 3. The lowest BCUT2D eigenvalue weighted by atomic mass is 9.95. The largest absolute Gasteiger partial charge is 0.336 e. The Morgan fingerprint density at radius 3 is 2.21 bits per heavy atom. The Morgan fingerprint density at radius 1 is 0.875 bits per heavy atom. The van der Waals surface area contributed by atoms with Gasteiger partial charge in [-0.1, -0.05) is 60.7 Å². The highest BCUT2D eigenvalue weighted by atomic mass is 19.1. The number of para-hydroxylation sites is 1. The molecular weight excluding hydrogens is 301 g/mol. The maximum Gasteiger partial charge on any atom is 0.157 e. The molecular formula is C20H18FN3. The molecule has 0 atom stereocenters. The minimum absolute atomic E-state index is 0.335. The average molecular weight is 319 g/mol. The Bertz CT molecular complexity index is 887. The van der Waals surface area contributed by atoms with Crippen molar-refractivity contribution < 1.29 is 4.39 Å². The van der Waals surface area contributed by atoms with Gasteiger partial charge in [-0.2, -0.15) is 5.10 Å².